The Morgan fingerprint density at radius 3 is 2.44 bits per heavy atom. The number of benzene rings is 1. The molecular formula is C19H16N4O2. The summed E-state index contributed by atoms with van der Waals surface area (Å²) in [6, 6.07) is 12.2. The van der Waals surface area contributed by atoms with Crippen LogP contribution >= 0.6 is 0 Å². The van der Waals surface area contributed by atoms with Crippen LogP contribution in [0.3, 0.4) is 0 Å². The number of nitrogens with zero attached hydrogens (tertiary/aromatic N) is 3. The molecule has 25 heavy (non-hydrogen) atoms. The van der Waals surface area contributed by atoms with E-state index in [9.17, 15) is 4.79 Å². The van der Waals surface area contributed by atoms with E-state index in [1.807, 2.05) is 32.0 Å². The van der Waals surface area contributed by atoms with E-state index in [-0.39, 0.29) is 17.5 Å². The number of aromatic nitrogens is 2. The van der Waals surface area contributed by atoms with Gasteiger partial charge < -0.3 is 9.73 Å². The lowest BCUT2D eigenvalue weighted by atomic mass is 10.2. The minimum atomic E-state index is -0.338. The van der Waals surface area contributed by atoms with Crippen LogP contribution in [0.15, 0.2) is 53.2 Å². The summed E-state index contributed by atoms with van der Waals surface area (Å²) >= 11 is 0. The lowest BCUT2D eigenvalue weighted by Crippen LogP contribution is -2.13. The van der Waals surface area contributed by atoms with Crippen molar-refractivity contribution in [2.45, 2.75) is 19.8 Å². The summed E-state index contributed by atoms with van der Waals surface area (Å²) in [5.74, 6) is 1.32. The van der Waals surface area contributed by atoms with Crippen molar-refractivity contribution in [1.82, 2.24) is 9.97 Å². The number of nitrogens with one attached hydrogen (secondary N) is 1. The highest BCUT2D eigenvalue weighted by Crippen LogP contribution is 2.24. The van der Waals surface area contributed by atoms with E-state index in [0.717, 1.165) is 11.3 Å². The fraction of sp³-hybridized carbons (Fsp3) is 0.158. The van der Waals surface area contributed by atoms with Crippen LogP contribution in [-0.2, 0) is 0 Å². The molecule has 124 valence electrons. The summed E-state index contributed by atoms with van der Waals surface area (Å²) in [4.78, 5) is 20.4. The molecule has 3 rings (SSSR count). The lowest BCUT2D eigenvalue weighted by Gasteiger charge is -2.05. The van der Waals surface area contributed by atoms with Gasteiger partial charge in [-0.1, -0.05) is 13.8 Å². The van der Waals surface area contributed by atoms with Crippen LogP contribution in [0.5, 0.6) is 0 Å². The van der Waals surface area contributed by atoms with Crippen molar-refractivity contribution in [2.75, 3.05) is 5.32 Å². The molecule has 1 aromatic carbocycles. The Morgan fingerprint density at radius 2 is 1.88 bits per heavy atom. The van der Waals surface area contributed by atoms with Gasteiger partial charge in [0.1, 0.15) is 17.5 Å². The third kappa shape index (κ3) is 3.72. The SMILES string of the molecule is CC(C)c1cnc(-c2ccc(NC(=O)c3ccc(C#N)cn3)cc2)o1. The molecule has 0 unspecified atom stereocenters. The minimum absolute atomic E-state index is 0.248. The molecule has 0 saturated carbocycles. The summed E-state index contributed by atoms with van der Waals surface area (Å²) < 4.78 is 5.71. The van der Waals surface area contributed by atoms with E-state index in [1.54, 1.807) is 24.4 Å². The summed E-state index contributed by atoms with van der Waals surface area (Å²) in [6.45, 7) is 4.08. The summed E-state index contributed by atoms with van der Waals surface area (Å²) in [7, 11) is 0. The quantitative estimate of drug-likeness (QED) is 0.780. The second-order valence-electron chi connectivity index (χ2n) is 5.80. The average molecular weight is 332 g/mol. The van der Waals surface area contributed by atoms with E-state index in [2.05, 4.69) is 15.3 Å². The molecule has 0 saturated heterocycles. The number of anilines is 1. The van der Waals surface area contributed by atoms with Gasteiger partial charge in [0.15, 0.2) is 0 Å². The fourth-order valence-electron chi connectivity index (χ4n) is 2.17. The highest BCUT2D eigenvalue weighted by atomic mass is 16.4. The third-order valence-corrected chi connectivity index (χ3v) is 3.61. The van der Waals surface area contributed by atoms with Crippen LogP contribution in [-0.4, -0.2) is 15.9 Å². The predicted octanol–water partition coefficient (Wildman–Crippen LogP) is 3.98. The van der Waals surface area contributed by atoms with Gasteiger partial charge in [-0.3, -0.25) is 4.79 Å². The highest BCUT2D eigenvalue weighted by molar-refractivity contribution is 6.02. The smallest absolute Gasteiger partial charge is 0.274 e. The Balaban J connectivity index is 1.71. The Morgan fingerprint density at radius 1 is 1.12 bits per heavy atom. The molecule has 0 fully saturated rings. The van der Waals surface area contributed by atoms with Gasteiger partial charge in [0.2, 0.25) is 5.89 Å². The monoisotopic (exact) mass is 332 g/mol. The maximum atomic E-state index is 12.2. The van der Waals surface area contributed by atoms with Crippen LogP contribution in [0.25, 0.3) is 11.5 Å². The lowest BCUT2D eigenvalue weighted by molar-refractivity contribution is 0.102. The van der Waals surface area contributed by atoms with Crippen LogP contribution in [0.4, 0.5) is 5.69 Å². The molecule has 6 nitrogen and oxygen atoms in total. The van der Waals surface area contributed by atoms with Gasteiger partial charge in [0.05, 0.1) is 11.8 Å². The molecule has 0 bridgehead atoms. The van der Waals surface area contributed by atoms with Crippen molar-refractivity contribution in [3.05, 3.63) is 65.8 Å². The molecular weight excluding hydrogens is 316 g/mol. The van der Waals surface area contributed by atoms with Crippen LogP contribution in [0.1, 0.15) is 41.6 Å². The van der Waals surface area contributed by atoms with Crippen molar-refractivity contribution < 1.29 is 9.21 Å². The standard InChI is InChI=1S/C19H16N4O2/c1-12(2)17-11-22-19(25-17)14-4-6-15(7-5-14)23-18(24)16-8-3-13(9-20)10-21-16/h3-8,10-12H,1-2H3,(H,23,24). The zero-order valence-corrected chi connectivity index (χ0v) is 13.9. The molecule has 0 aliphatic heterocycles. The molecule has 0 spiro atoms. The Hall–Kier alpha value is -3.46. The van der Waals surface area contributed by atoms with Gasteiger partial charge in [-0.2, -0.15) is 5.26 Å². The second kappa shape index (κ2) is 6.97. The Bertz CT molecular complexity index is 919. The van der Waals surface area contributed by atoms with Gasteiger partial charge in [0.25, 0.3) is 5.91 Å². The molecule has 0 aliphatic rings. The van der Waals surface area contributed by atoms with E-state index in [1.165, 1.54) is 12.3 Å². The first-order valence-corrected chi connectivity index (χ1v) is 7.80. The molecule has 0 atom stereocenters. The number of nitriles is 1. The maximum Gasteiger partial charge on any atom is 0.274 e. The third-order valence-electron chi connectivity index (χ3n) is 3.61. The summed E-state index contributed by atoms with van der Waals surface area (Å²) in [6.07, 6.45) is 3.10. The number of rotatable bonds is 4. The maximum absolute atomic E-state index is 12.2. The van der Waals surface area contributed by atoms with Crippen molar-refractivity contribution >= 4 is 11.6 Å². The van der Waals surface area contributed by atoms with E-state index >= 15 is 0 Å². The number of hydrogen-bond donors (Lipinski definition) is 1. The minimum Gasteiger partial charge on any atom is -0.441 e. The number of oxazole rings is 1. The Labute approximate surface area is 145 Å². The molecule has 1 N–H and O–H groups in total. The van der Waals surface area contributed by atoms with E-state index < -0.39 is 0 Å². The van der Waals surface area contributed by atoms with Gasteiger partial charge in [-0.05, 0) is 36.4 Å². The van der Waals surface area contributed by atoms with Crippen LogP contribution in [0.2, 0.25) is 0 Å². The molecule has 2 heterocycles. The highest BCUT2D eigenvalue weighted by Gasteiger charge is 2.11. The number of carbonyl (C=O) groups excluding carboxylic acids is 1. The normalized spacial score (nSPS) is 10.5. The van der Waals surface area contributed by atoms with Crippen LogP contribution < -0.4 is 5.32 Å². The van der Waals surface area contributed by atoms with Gasteiger partial charge >= 0.3 is 0 Å². The van der Waals surface area contributed by atoms with Crippen molar-refractivity contribution in [3.8, 4) is 17.5 Å². The second-order valence-corrected chi connectivity index (χ2v) is 5.80. The number of pyridine rings is 1. The number of amides is 1. The molecule has 3 aromatic rings. The topological polar surface area (TPSA) is 91.8 Å². The first kappa shape index (κ1) is 16.4. The van der Waals surface area contributed by atoms with E-state index in [4.69, 9.17) is 9.68 Å². The molecule has 2 aromatic heterocycles. The zero-order chi connectivity index (χ0) is 17.8. The summed E-state index contributed by atoms with van der Waals surface area (Å²) in [5.41, 5.74) is 2.13. The predicted molar refractivity (Wildman–Crippen MR) is 92.9 cm³/mol. The number of hydrogen-bond acceptors (Lipinski definition) is 5. The first-order chi connectivity index (χ1) is 12.1. The average Bonchev–Trinajstić information content (AvgIpc) is 3.13. The molecule has 6 heteroatoms. The van der Waals surface area contributed by atoms with Crippen molar-refractivity contribution in [3.63, 3.8) is 0 Å². The molecule has 0 radical (unpaired) electrons. The fourth-order valence-corrected chi connectivity index (χ4v) is 2.17. The van der Waals surface area contributed by atoms with Crippen LogP contribution in [0, 0.1) is 11.3 Å². The van der Waals surface area contributed by atoms with Crippen molar-refractivity contribution in [2.24, 2.45) is 0 Å². The molecule has 1 amide bonds. The van der Waals surface area contributed by atoms with Gasteiger partial charge in [-0.25, -0.2) is 9.97 Å². The van der Waals surface area contributed by atoms with Gasteiger partial charge in [-0.15, -0.1) is 0 Å². The van der Waals surface area contributed by atoms with E-state index in [0.29, 0.717) is 17.1 Å². The van der Waals surface area contributed by atoms with Crippen molar-refractivity contribution in [1.29, 1.82) is 5.26 Å². The molecule has 0 aliphatic carbocycles. The largest absolute Gasteiger partial charge is 0.441 e. The van der Waals surface area contributed by atoms with Gasteiger partial charge in [0, 0.05) is 23.4 Å². The zero-order valence-electron chi connectivity index (χ0n) is 13.9. The number of carbonyl (C=O) groups is 1. The first-order valence-electron chi connectivity index (χ1n) is 7.80. The Kier molecular flexibility index (Phi) is 4.57. The summed E-state index contributed by atoms with van der Waals surface area (Å²) in [5, 5.41) is 11.5.